The lowest BCUT2D eigenvalue weighted by Crippen LogP contribution is -2.01. The van der Waals surface area contributed by atoms with E-state index in [0.717, 1.165) is 6.07 Å². The maximum Gasteiger partial charge on any atom is 0.314 e. The van der Waals surface area contributed by atoms with Gasteiger partial charge in [0.15, 0.2) is 5.82 Å². The summed E-state index contributed by atoms with van der Waals surface area (Å²) in [5.74, 6) is -1.17. The van der Waals surface area contributed by atoms with Gasteiger partial charge < -0.3 is 4.74 Å². The van der Waals surface area contributed by atoms with Gasteiger partial charge in [-0.25, -0.2) is 9.37 Å². The van der Waals surface area contributed by atoms with Crippen LogP contribution >= 0.6 is 11.6 Å². The molecule has 0 unspecified atom stereocenters. The normalized spacial score (nSPS) is 10.2. The average Bonchev–Trinajstić information content (AvgIpc) is 2.39. The Morgan fingerprint density at radius 2 is 2.16 bits per heavy atom. The zero-order chi connectivity index (χ0) is 13.8. The molecule has 1 aromatic carbocycles. The van der Waals surface area contributed by atoms with Crippen molar-refractivity contribution >= 4 is 17.3 Å². The molecule has 0 aliphatic heterocycles. The molecule has 0 spiro atoms. The summed E-state index contributed by atoms with van der Waals surface area (Å²) in [6.45, 7) is -0.0358. The second-order valence-corrected chi connectivity index (χ2v) is 4.01. The van der Waals surface area contributed by atoms with Gasteiger partial charge in [-0.15, -0.1) is 0 Å². The Bertz CT molecular complexity index is 604. The van der Waals surface area contributed by atoms with Crippen molar-refractivity contribution in [2.24, 2.45) is 0 Å². The molecule has 5 nitrogen and oxygen atoms in total. The van der Waals surface area contributed by atoms with E-state index in [1.54, 1.807) is 12.1 Å². The number of hydrogen-bond acceptors (Lipinski definition) is 4. The number of para-hydroxylation sites is 1. The zero-order valence-electron chi connectivity index (χ0n) is 9.55. The van der Waals surface area contributed by atoms with E-state index in [9.17, 15) is 14.5 Å². The SMILES string of the molecule is O=[N+]([O-])c1cccc(F)c1OCc1ccc(Cl)nc1. The molecule has 2 rings (SSSR count). The molecule has 98 valence electrons. The van der Waals surface area contributed by atoms with Gasteiger partial charge in [-0.1, -0.05) is 23.7 Å². The van der Waals surface area contributed by atoms with E-state index in [4.69, 9.17) is 16.3 Å². The predicted octanol–water partition coefficient (Wildman–Crippen LogP) is 3.36. The van der Waals surface area contributed by atoms with Gasteiger partial charge in [0.25, 0.3) is 0 Å². The summed E-state index contributed by atoms with van der Waals surface area (Å²) >= 11 is 5.62. The van der Waals surface area contributed by atoms with E-state index in [-0.39, 0.29) is 12.4 Å². The van der Waals surface area contributed by atoms with Crippen molar-refractivity contribution in [2.45, 2.75) is 6.61 Å². The predicted molar refractivity (Wildman–Crippen MR) is 66.6 cm³/mol. The number of nitro benzene ring substituents is 1. The lowest BCUT2D eigenvalue weighted by atomic mass is 10.2. The lowest BCUT2D eigenvalue weighted by molar-refractivity contribution is -0.386. The van der Waals surface area contributed by atoms with Gasteiger partial charge in [0.2, 0.25) is 5.75 Å². The van der Waals surface area contributed by atoms with E-state index in [2.05, 4.69) is 4.98 Å². The Morgan fingerprint density at radius 3 is 2.79 bits per heavy atom. The molecule has 0 fully saturated rings. The monoisotopic (exact) mass is 282 g/mol. The van der Waals surface area contributed by atoms with Crippen LogP contribution in [-0.4, -0.2) is 9.91 Å². The van der Waals surface area contributed by atoms with Gasteiger partial charge in [0.1, 0.15) is 11.8 Å². The number of ether oxygens (including phenoxy) is 1. The maximum absolute atomic E-state index is 13.5. The molecule has 0 aliphatic carbocycles. The van der Waals surface area contributed by atoms with Crippen LogP contribution in [0.2, 0.25) is 5.15 Å². The third-order valence-electron chi connectivity index (χ3n) is 2.31. The fourth-order valence-electron chi connectivity index (χ4n) is 1.43. The Morgan fingerprint density at radius 1 is 1.37 bits per heavy atom. The van der Waals surface area contributed by atoms with Gasteiger partial charge in [0.05, 0.1) is 4.92 Å². The number of pyridine rings is 1. The summed E-state index contributed by atoms with van der Waals surface area (Å²) in [7, 11) is 0. The molecule has 0 atom stereocenters. The van der Waals surface area contributed by atoms with Gasteiger partial charge in [-0.3, -0.25) is 10.1 Å². The van der Waals surface area contributed by atoms with E-state index in [1.807, 2.05) is 0 Å². The number of nitro groups is 1. The van der Waals surface area contributed by atoms with Crippen LogP contribution in [0.3, 0.4) is 0 Å². The lowest BCUT2D eigenvalue weighted by Gasteiger charge is -2.07. The maximum atomic E-state index is 13.5. The first-order valence-corrected chi connectivity index (χ1v) is 5.62. The minimum atomic E-state index is -0.781. The number of rotatable bonds is 4. The van der Waals surface area contributed by atoms with Gasteiger partial charge in [-0.05, 0) is 12.1 Å². The Hall–Kier alpha value is -2.21. The average molecular weight is 283 g/mol. The molecule has 0 aliphatic rings. The summed E-state index contributed by atoms with van der Waals surface area (Å²) in [5, 5.41) is 11.1. The largest absolute Gasteiger partial charge is 0.480 e. The van der Waals surface area contributed by atoms with Gasteiger partial charge >= 0.3 is 5.69 Å². The Labute approximate surface area is 112 Å². The smallest absolute Gasteiger partial charge is 0.314 e. The topological polar surface area (TPSA) is 65.3 Å². The Balaban J connectivity index is 2.19. The first-order valence-electron chi connectivity index (χ1n) is 5.24. The van der Waals surface area contributed by atoms with Crippen LogP contribution in [0.25, 0.3) is 0 Å². The fourth-order valence-corrected chi connectivity index (χ4v) is 1.54. The van der Waals surface area contributed by atoms with Crippen molar-refractivity contribution in [3.05, 3.63) is 63.2 Å². The molecule has 0 radical (unpaired) electrons. The summed E-state index contributed by atoms with van der Waals surface area (Å²) < 4.78 is 18.7. The number of nitrogens with zero attached hydrogens (tertiary/aromatic N) is 2. The highest BCUT2D eigenvalue weighted by molar-refractivity contribution is 6.29. The van der Waals surface area contributed by atoms with Crippen LogP contribution in [0.1, 0.15) is 5.56 Å². The molecule has 1 aromatic heterocycles. The molecule has 0 bridgehead atoms. The van der Waals surface area contributed by atoms with Crippen molar-refractivity contribution in [1.29, 1.82) is 0 Å². The van der Waals surface area contributed by atoms with Crippen LogP contribution in [-0.2, 0) is 6.61 Å². The standard InChI is InChI=1S/C12H8ClFN2O3/c13-11-5-4-8(6-15-11)7-19-12-9(14)2-1-3-10(12)16(17)18/h1-6H,7H2. The van der Waals surface area contributed by atoms with E-state index in [0.29, 0.717) is 10.7 Å². The number of halogens is 2. The first-order chi connectivity index (χ1) is 9.08. The highest BCUT2D eigenvalue weighted by Gasteiger charge is 2.19. The van der Waals surface area contributed by atoms with Crippen LogP contribution in [0.15, 0.2) is 36.5 Å². The molecular formula is C12H8ClFN2O3. The highest BCUT2D eigenvalue weighted by atomic mass is 35.5. The molecule has 0 saturated carbocycles. The molecule has 1 heterocycles. The number of aromatic nitrogens is 1. The second kappa shape index (κ2) is 5.62. The third-order valence-corrected chi connectivity index (χ3v) is 2.54. The Kier molecular flexibility index (Phi) is 3.91. The quantitative estimate of drug-likeness (QED) is 0.490. The number of benzene rings is 1. The van der Waals surface area contributed by atoms with Crippen LogP contribution in [0.5, 0.6) is 5.75 Å². The van der Waals surface area contributed by atoms with Gasteiger partial charge in [0, 0.05) is 17.8 Å². The van der Waals surface area contributed by atoms with Crippen molar-refractivity contribution in [3.8, 4) is 5.75 Å². The van der Waals surface area contributed by atoms with Crippen molar-refractivity contribution in [1.82, 2.24) is 4.98 Å². The summed E-state index contributed by atoms with van der Waals surface area (Å²) in [6, 6.07) is 6.73. The molecular weight excluding hydrogens is 275 g/mol. The van der Waals surface area contributed by atoms with E-state index >= 15 is 0 Å². The molecule has 2 aromatic rings. The zero-order valence-corrected chi connectivity index (χ0v) is 10.3. The summed E-state index contributed by atoms with van der Waals surface area (Å²) in [4.78, 5) is 13.9. The van der Waals surface area contributed by atoms with Crippen LogP contribution in [0, 0.1) is 15.9 Å². The van der Waals surface area contributed by atoms with Crippen molar-refractivity contribution in [3.63, 3.8) is 0 Å². The van der Waals surface area contributed by atoms with Crippen molar-refractivity contribution in [2.75, 3.05) is 0 Å². The minimum absolute atomic E-state index is 0.0358. The number of hydrogen-bond donors (Lipinski definition) is 0. The molecule has 19 heavy (non-hydrogen) atoms. The molecule has 7 heteroatoms. The summed E-state index contributed by atoms with van der Waals surface area (Å²) in [6.07, 6.45) is 1.45. The highest BCUT2D eigenvalue weighted by Crippen LogP contribution is 2.30. The molecule has 0 N–H and O–H groups in total. The van der Waals surface area contributed by atoms with Crippen LogP contribution in [0.4, 0.5) is 10.1 Å². The van der Waals surface area contributed by atoms with Gasteiger partial charge in [-0.2, -0.15) is 0 Å². The van der Waals surface area contributed by atoms with Crippen molar-refractivity contribution < 1.29 is 14.1 Å². The third kappa shape index (κ3) is 3.17. The second-order valence-electron chi connectivity index (χ2n) is 3.62. The van der Waals surface area contributed by atoms with Crippen LogP contribution < -0.4 is 4.74 Å². The first kappa shape index (κ1) is 13.2. The van der Waals surface area contributed by atoms with E-state index < -0.39 is 16.4 Å². The fraction of sp³-hybridized carbons (Fsp3) is 0.0833. The molecule has 0 saturated heterocycles. The van der Waals surface area contributed by atoms with E-state index in [1.165, 1.54) is 18.3 Å². The molecule has 0 amide bonds. The minimum Gasteiger partial charge on any atom is -0.480 e. The summed E-state index contributed by atoms with van der Waals surface area (Å²) in [5.41, 5.74) is 0.212.